The number of imidazole rings is 1. The molecule has 3 heterocycles. The van der Waals surface area contributed by atoms with E-state index in [0.717, 1.165) is 23.0 Å². The molecule has 18 heavy (non-hydrogen) atoms. The van der Waals surface area contributed by atoms with Gasteiger partial charge in [0.15, 0.2) is 5.82 Å². The van der Waals surface area contributed by atoms with Gasteiger partial charge in [-0.15, -0.1) is 0 Å². The Hall–Kier alpha value is -2.43. The Morgan fingerprint density at radius 2 is 2.17 bits per heavy atom. The molecule has 3 aromatic heterocycles. The fraction of sp³-hybridized carbons (Fsp3) is 0.154. The van der Waals surface area contributed by atoms with Crippen molar-refractivity contribution in [3.05, 3.63) is 54.3 Å². The van der Waals surface area contributed by atoms with E-state index >= 15 is 0 Å². The second-order valence-corrected chi connectivity index (χ2v) is 4.02. The maximum atomic E-state index is 5.06. The van der Waals surface area contributed by atoms with Crippen LogP contribution < -0.4 is 0 Å². The Morgan fingerprint density at radius 1 is 1.22 bits per heavy atom. The first-order valence-corrected chi connectivity index (χ1v) is 5.67. The van der Waals surface area contributed by atoms with Crippen LogP contribution in [0.1, 0.15) is 11.5 Å². The van der Waals surface area contributed by atoms with Crippen molar-refractivity contribution in [2.45, 2.75) is 13.5 Å². The van der Waals surface area contributed by atoms with Gasteiger partial charge in [-0.25, -0.2) is 4.98 Å². The largest absolute Gasteiger partial charge is 0.361 e. The zero-order valence-corrected chi connectivity index (χ0v) is 9.95. The van der Waals surface area contributed by atoms with Gasteiger partial charge < -0.3 is 9.09 Å². The first-order valence-electron chi connectivity index (χ1n) is 5.67. The Labute approximate surface area is 104 Å². The van der Waals surface area contributed by atoms with E-state index in [2.05, 4.69) is 15.1 Å². The minimum Gasteiger partial charge on any atom is -0.361 e. The third-order valence-corrected chi connectivity index (χ3v) is 2.62. The molecular formula is C13H12N4O. The van der Waals surface area contributed by atoms with Crippen LogP contribution in [0.15, 0.2) is 47.4 Å². The number of aromatic nitrogens is 4. The molecule has 0 aliphatic heterocycles. The summed E-state index contributed by atoms with van der Waals surface area (Å²) in [6.07, 6.45) is 5.43. The molecule has 5 heteroatoms. The Balaban J connectivity index is 1.93. The lowest BCUT2D eigenvalue weighted by Crippen LogP contribution is -2.02. The molecule has 0 radical (unpaired) electrons. The van der Waals surface area contributed by atoms with Crippen molar-refractivity contribution in [2.75, 3.05) is 0 Å². The van der Waals surface area contributed by atoms with Crippen LogP contribution in [0.25, 0.3) is 11.5 Å². The molecule has 90 valence electrons. The summed E-state index contributed by atoms with van der Waals surface area (Å²) in [5.41, 5.74) is 1.73. The quantitative estimate of drug-likeness (QED) is 0.704. The molecule has 0 fully saturated rings. The van der Waals surface area contributed by atoms with E-state index in [1.54, 1.807) is 12.4 Å². The highest BCUT2D eigenvalue weighted by atomic mass is 16.5. The van der Waals surface area contributed by atoms with E-state index in [4.69, 9.17) is 4.52 Å². The van der Waals surface area contributed by atoms with Gasteiger partial charge in [-0.05, 0) is 19.1 Å². The van der Waals surface area contributed by atoms with Gasteiger partial charge in [-0.1, -0.05) is 11.2 Å². The first-order chi connectivity index (χ1) is 8.83. The van der Waals surface area contributed by atoms with E-state index in [9.17, 15) is 0 Å². The molecular weight excluding hydrogens is 228 g/mol. The lowest BCUT2D eigenvalue weighted by molar-refractivity contribution is 0.389. The van der Waals surface area contributed by atoms with Crippen molar-refractivity contribution < 1.29 is 4.52 Å². The van der Waals surface area contributed by atoms with Crippen molar-refractivity contribution in [3.63, 3.8) is 0 Å². The van der Waals surface area contributed by atoms with E-state index in [1.165, 1.54) is 0 Å². The highest BCUT2D eigenvalue weighted by Crippen LogP contribution is 2.15. The van der Waals surface area contributed by atoms with Gasteiger partial charge in [-0.3, -0.25) is 4.98 Å². The van der Waals surface area contributed by atoms with Crippen LogP contribution in [-0.4, -0.2) is 19.7 Å². The minimum atomic E-state index is 0.628. The zero-order valence-electron chi connectivity index (χ0n) is 9.95. The standard InChI is InChI=1S/C13H12N4O/c1-10-8-11(16-18-10)9-17-7-6-15-13(17)12-4-2-3-5-14-12/h2-8H,9H2,1H3. The van der Waals surface area contributed by atoms with E-state index in [0.29, 0.717) is 6.54 Å². The van der Waals surface area contributed by atoms with Gasteiger partial charge in [0.1, 0.15) is 17.1 Å². The molecule has 0 atom stereocenters. The molecule has 0 aliphatic rings. The van der Waals surface area contributed by atoms with Gasteiger partial charge in [-0.2, -0.15) is 0 Å². The highest BCUT2D eigenvalue weighted by molar-refractivity contribution is 5.49. The molecule has 3 rings (SSSR count). The summed E-state index contributed by atoms with van der Waals surface area (Å²) in [6, 6.07) is 7.69. The lowest BCUT2D eigenvalue weighted by Gasteiger charge is -2.04. The summed E-state index contributed by atoms with van der Waals surface area (Å²) in [7, 11) is 0. The predicted octanol–water partition coefficient (Wildman–Crippen LogP) is 2.29. The third-order valence-electron chi connectivity index (χ3n) is 2.62. The van der Waals surface area contributed by atoms with Crippen LogP contribution in [0.3, 0.4) is 0 Å². The molecule has 0 unspecified atom stereocenters. The van der Waals surface area contributed by atoms with Crippen molar-refractivity contribution in [1.82, 2.24) is 19.7 Å². The monoisotopic (exact) mass is 240 g/mol. The Kier molecular flexibility index (Phi) is 2.64. The van der Waals surface area contributed by atoms with Crippen LogP contribution in [0.2, 0.25) is 0 Å². The van der Waals surface area contributed by atoms with Gasteiger partial charge >= 0.3 is 0 Å². The molecule has 0 bridgehead atoms. The molecule has 5 nitrogen and oxygen atoms in total. The van der Waals surface area contributed by atoms with Crippen LogP contribution in [0, 0.1) is 6.92 Å². The van der Waals surface area contributed by atoms with Crippen LogP contribution in [-0.2, 0) is 6.54 Å². The van der Waals surface area contributed by atoms with Crippen molar-refractivity contribution in [1.29, 1.82) is 0 Å². The fourth-order valence-corrected chi connectivity index (χ4v) is 1.83. The van der Waals surface area contributed by atoms with Crippen molar-refractivity contribution in [3.8, 4) is 11.5 Å². The molecule has 0 saturated heterocycles. The molecule has 0 amide bonds. The SMILES string of the molecule is Cc1cc(Cn2ccnc2-c2ccccn2)no1. The van der Waals surface area contributed by atoms with Crippen LogP contribution >= 0.6 is 0 Å². The van der Waals surface area contributed by atoms with Gasteiger partial charge in [0.2, 0.25) is 0 Å². The second kappa shape index (κ2) is 4.44. The predicted molar refractivity (Wildman–Crippen MR) is 65.8 cm³/mol. The summed E-state index contributed by atoms with van der Waals surface area (Å²) in [5.74, 6) is 1.64. The summed E-state index contributed by atoms with van der Waals surface area (Å²) >= 11 is 0. The minimum absolute atomic E-state index is 0.628. The van der Waals surface area contributed by atoms with Gasteiger partial charge in [0, 0.05) is 24.7 Å². The fourth-order valence-electron chi connectivity index (χ4n) is 1.83. The molecule has 0 aromatic carbocycles. The summed E-state index contributed by atoms with van der Waals surface area (Å²) < 4.78 is 7.06. The van der Waals surface area contributed by atoms with Crippen LogP contribution in [0.5, 0.6) is 0 Å². The second-order valence-electron chi connectivity index (χ2n) is 4.02. The van der Waals surface area contributed by atoms with Gasteiger partial charge in [0.05, 0.1) is 6.54 Å². The van der Waals surface area contributed by atoms with Crippen LogP contribution in [0.4, 0.5) is 0 Å². The lowest BCUT2D eigenvalue weighted by atomic mass is 10.3. The van der Waals surface area contributed by atoms with E-state index in [-0.39, 0.29) is 0 Å². The van der Waals surface area contributed by atoms with Gasteiger partial charge in [0.25, 0.3) is 0 Å². The highest BCUT2D eigenvalue weighted by Gasteiger charge is 2.08. The van der Waals surface area contributed by atoms with Crippen molar-refractivity contribution in [2.24, 2.45) is 0 Å². The summed E-state index contributed by atoms with van der Waals surface area (Å²) in [5, 5.41) is 3.98. The average Bonchev–Trinajstić information content (AvgIpc) is 3.00. The van der Waals surface area contributed by atoms with E-state index in [1.807, 2.05) is 42.0 Å². The number of hydrogen-bond acceptors (Lipinski definition) is 4. The molecule has 0 aliphatic carbocycles. The maximum Gasteiger partial charge on any atom is 0.158 e. The zero-order chi connectivity index (χ0) is 12.4. The number of hydrogen-bond donors (Lipinski definition) is 0. The summed E-state index contributed by atoms with van der Waals surface area (Å²) in [4.78, 5) is 8.63. The number of nitrogens with zero attached hydrogens (tertiary/aromatic N) is 4. The molecule has 0 spiro atoms. The van der Waals surface area contributed by atoms with Crippen molar-refractivity contribution >= 4 is 0 Å². The Morgan fingerprint density at radius 3 is 2.89 bits per heavy atom. The molecule has 0 N–H and O–H groups in total. The smallest absolute Gasteiger partial charge is 0.158 e. The topological polar surface area (TPSA) is 56.7 Å². The third kappa shape index (κ3) is 2.02. The average molecular weight is 240 g/mol. The Bertz CT molecular complexity index is 642. The number of pyridine rings is 1. The molecule has 0 saturated carbocycles. The van der Waals surface area contributed by atoms with E-state index < -0.39 is 0 Å². The number of aryl methyl sites for hydroxylation is 1. The normalized spacial score (nSPS) is 10.7. The number of rotatable bonds is 3. The maximum absolute atomic E-state index is 5.06. The molecule has 3 aromatic rings. The first kappa shape index (κ1) is 10.7. The summed E-state index contributed by atoms with van der Waals surface area (Å²) in [6.45, 7) is 2.51.